The number of halogens is 1. The van der Waals surface area contributed by atoms with Crippen LogP contribution in [0.5, 0.6) is 0 Å². The lowest BCUT2D eigenvalue weighted by atomic mass is 9.92. The molecular weight excluding hydrogens is 553 g/mol. The van der Waals surface area contributed by atoms with Crippen molar-refractivity contribution in [2.45, 2.75) is 39.5 Å². The second-order valence-corrected chi connectivity index (χ2v) is 12.6. The van der Waals surface area contributed by atoms with Gasteiger partial charge in [-0.1, -0.05) is 88.4 Å². The molecule has 0 bridgehead atoms. The molecule has 220 valence electrons. The van der Waals surface area contributed by atoms with E-state index in [1.165, 1.54) is 45.1 Å². The molecule has 2 aromatic heterocycles. The zero-order valence-corrected chi connectivity index (χ0v) is 25.9. The molecule has 8 rings (SSSR count). The monoisotopic (exact) mass is 587 g/mol. The van der Waals surface area contributed by atoms with E-state index in [9.17, 15) is 4.39 Å². The molecule has 0 saturated heterocycles. The molecule has 6 aromatic carbocycles. The van der Waals surface area contributed by atoms with Crippen LogP contribution in [0.1, 0.15) is 50.7 Å². The first-order valence-corrected chi connectivity index (χ1v) is 15.7. The highest BCUT2D eigenvalue weighted by molar-refractivity contribution is 6.21. The number of aromatic nitrogens is 3. The highest BCUT2D eigenvalue weighted by Gasteiger charge is 2.23. The van der Waals surface area contributed by atoms with E-state index in [1.807, 2.05) is 12.1 Å². The lowest BCUT2D eigenvalue weighted by Gasteiger charge is -2.22. The van der Waals surface area contributed by atoms with Crippen molar-refractivity contribution in [2.75, 3.05) is 0 Å². The summed E-state index contributed by atoms with van der Waals surface area (Å²) in [5.41, 5.74) is 10.1. The number of fused-ring (bicyclic) bond motifs is 6. The second kappa shape index (κ2) is 10.4. The fourth-order valence-corrected chi connectivity index (χ4v) is 7.01. The van der Waals surface area contributed by atoms with Crippen LogP contribution in [0.25, 0.3) is 66.4 Å². The largest absolute Gasteiger partial charge is 0.309 e. The van der Waals surface area contributed by atoms with Crippen LogP contribution >= 0.6 is 0 Å². The molecule has 0 radical (unpaired) electrons. The molecule has 0 aliphatic heterocycles. The first kappa shape index (κ1) is 27.3. The molecule has 3 nitrogen and oxygen atoms in total. The molecule has 2 heterocycles. The van der Waals surface area contributed by atoms with Gasteiger partial charge in [0.05, 0.1) is 27.8 Å². The smallest absolute Gasteiger partial charge is 0.145 e. The highest BCUT2D eigenvalue weighted by Crippen LogP contribution is 2.41. The third-order valence-corrected chi connectivity index (χ3v) is 9.12. The molecule has 8 aromatic rings. The van der Waals surface area contributed by atoms with E-state index in [0.29, 0.717) is 11.8 Å². The summed E-state index contributed by atoms with van der Waals surface area (Å²) in [5, 5.41) is 4.71. The molecule has 0 unspecified atom stereocenters. The van der Waals surface area contributed by atoms with Crippen molar-refractivity contribution in [3.8, 4) is 22.8 Å². The van der Waals surface area contributed by atoms with Gasteiger partial charge in [0, 0.05) is 22.0 Å². The number of para-hydroxylation sites is 3. The Kier molecular flexibility index (Phi) is 6.35. The van der Waals surface area contributed by atoms with Crippen LogP contribution in [0.3, 0.4) is 0 Å². The Hall–Kier alpha value is -5.22. The summed E-state index contributed by atoms with van der Waals surface area (Å²) >= 11 is 0. The molecule has 0 aliphatic rings. The summed E-state index contributed by atoms with van der Waals surface area (Å²) in [5.74, 6) is 1.37. The Morgan fingerprint density at radius 3 is 2.02 bits per heavy atom. The van der Waals surface area contributed by atoms with Crippen molar-refractivity contribution >= 4 is 43.6 Å². The van der Waals surface area contributed by atoms with Gasteiger partial charge in [0.15, 0.2) is 0 Å². The molecule has 0 spiro atoms. The predicted octanol–water partition coefficient (Wildman–Crippen LogP) is 11.3. The average molecular weight is 588 g/mol. The Morgan fingerprint density at radius 2 is 1.27 bits per heavy atom. The molecule has 0 N–H and O–H groups in total. The summed E-state index contributed by atoms with van der Waals surface area (Å²) in [6.45, 7) is 9.07. The van der Waals surface area contributed by atoms with Crippen molar-refractivity contribution in [1.29, 1.82) is 0 Å². The van der Waals surface area contributed by atoms with Gasteiger partial charge < -0.3 is 4.57 Å². The van der Waals surface area contributed by atoms with Crippen molar-refractivity contribution in [3.63, 3.8) is 0 Å². The van der Waals surface area contributed by atoms with Gasteiger partial charge >= 0.3 is 0 Å². The maximum Gasteiger partial charge on any atom is 0.145 e. The predicted molar refractivity (Wildman–Crippen MR) is 186 cm³/mol. The van der Waals surface area contributed by atoms with E-state index in [1.54, 1.807) is 0 Å². The fraction of sp³-hybridized carbons (Fsp3) is 0.146. The lowest BCUT2D eigenvalue weighted by Crippen LogP contribution is -2.08. The number of rotatable bonds is 5. The summed E-state index contributed by atoms with van der Waals surface area (Å²) in [7, 11) is 0. The zero-order valence-electron chi connectivity index (χ0n) is 25.9. The van der Waals surface area contributed by atoms with Crippen molar-refractivity contribution in [1.82, 2.24) is 14.1 Å². The molecule has 0 amide bonds. The maximum atomic E-state index is 14.0. The van der Waals surface area contributed by atoms with E-state index in [4.69, 9.17) is 4.98 Å². The fourth-order valence-electron chi connectivity index (χ4n) is 7.01. The third-order valence-electron chi connectivity index (χ3n) is 9.12. The Bertz CT molecular complexity index is 2360. The SMILES string of the molecule is CC(C)c1cccc(C(C)C)c1-n1c(-c2ccc3c(c2)c2c4ccccc4ccc2n3-c2ccc(F)cc2)nc2ccccc21. The standard InChI is InChI=1S/C41H34FN3/c1-25(2)31-12-9-13-32(26(3)4)40(31)45-37-15-8-7-14-35(37)43-41(45)28-17-22-36-34(24-28)39-33-11-6-5-10-27(33)16-23-38(39)44(36)30-20-18-29(42)19-21-30/h5-26H,1-4H3. The maximum absolute atomic E-state index is 14.0. The van der Waals surface area contributed by atoms with Gasteiger partial charge in [-0.2, -0.15) is 0 Å². The number of benzene rings is 6. The minimum Gasteiger partial charge on any atom is -0.309 e. The second-order valence-electron chi connectivity index (χ2n) is 12.6. The van der Waals surface area contributed by atoms with Crippen molar-refractivity contribution in [3.05, 3.63) is 138 Å². The minimum absolute atomic E-state index is 0.242. The Labute approximate surface area is 262 Å². The number of nitrogens with zero attached hydrogens (tertiary/aromatic N) is 3. The van der Waals surface area contributed by atoms with Crippen LogP contribution in [0, 0.1) is 5.82 Å². The van der Waals surface area contributed by atoms with Crippen molar-refractivity contribution < 1.29 is 4.39 Å². The number of hydrogen-bond acceptors (Lipinski definition) is 1. The van der Waals surface area contributed by atoms with Crippen LogP contribution in [-0.2, 0) is 0 Å². The quantitative estimate of drug-likeness (QED) is 0.196. The van der Waals surface area contributed by atoms with Gasteiger partial charge in [-0.25, -0.2) is 9.37 Å². The van der Waals surface area contributed by atoms with Gasteiger partial charge in [-0.15, -0.1) is 0 Å². The summed E-state index contributed by atoms with van der Waals surface area (Å²) < 4.78 is 18.6. The van der Waals surface area contributed by atoms with Crippen LogP contribution < -0.4 is 0 Å². The normalized spacial score (nSPS) is 12.1. The topological polar surface area (TPSA) is 22.8 Å². The highest BCUT2D eigenvalue weighted by atomic mass is 19.1. The van der Waals surface area contributed by atoms with Gasteiger partial charge in [0.25, 0.3) is 0 Å². The third kappa shape index (κ3) is 4.27. The molecule has 4 heteroatoms. The minimum atomic E-state index is -0.242. The molecule has 0 fully saturated rings. The number of imidazole rings is 1. The van der Waals surface area contributed by atoms with Gasteiger partial charge in [-0.05, 0) is 94.4 Å². The zero-order chi connectivity index (χ0) is 30.8. The molecular formula is C41H34FN3. The van der Waals surface area contributed by atoms with Gasteiger partial charge in [0.1, 0.15) is 11.6 Å². The summed E-state index contributed by atoms with van der Waals surface area (Å²) in [4.78, 5) is 5.30. The van der Waals surface area contributed by atoms with Crippen LogP contribution in [0.15, 0.2) is 121 Å². The van der Waals surface area contributed by atoms with Gasteiger partial charge in [0.2, 0.25) is 0 Å². The van der Waals surface area contributed by atoms with Crippen LogP contribution in [0.4, 0.5) is 4.39 Å². The Balaban J connectivity index is 1.49. The number of hydrogen-bond donors (Lipinski definition) is 0. The molecule has 45 heavy (non-hydrogen) atoms. The van der Waals surface area contributed by atoms with E-state index in [2.05, 4.69) is 134 Å². The van der Waals surface area contributed by atoms with Gasteiger partial charge in [-0.3, -0.25) is 4.57 Å². The average Bonchev–Trinajstić information content (AvgIpc) is 3.60. The van der Waals surface area contributed by atoms with Crippen LogP contribution in [-0.4, -0.2) is 14.1 Å². The van der Waals surface area contributed by atoms with Crippen LogP contribution in [0.2, 0.25) is 0 Å². The first-order valence-electron chi connectivity index (χ1n) is 15.7. The first-order chi connectivity index (χ1) is 21.9. The molecule has 0 saturated carbocycles. The lowest BCUT2D eigenvalue weighted by molar-refractivity contribution is 0.627. The molecule has 0 atom stereocenters. The van der Waals surface area contributed by atoms with E-state index in [0.717, 1.165) is 44.5 Å². The Morgan fingerprint density at radius 1 is 0.578 bits per heavy atom. The summed E-state index contributed by atoms with van der Waals surface area (Å²) in [6.07, 6.45) is 0. The van der Waals surface area contributed by atoms with Crippen molar-refractivity contribution in [2.24, 2.45) is 0 Å². The summed E-state index contributed by atoms with van der Waals surface area (Å²) in [6, 6.07) is 41.5. The van der Waals surface area contributed by atoms with E-state index >= 15 is 0 Å². The van der Waals surface area contributed by atoms with E-state index in [-0.39, 0.29) is 5.82 Å². The van der Waals surface area contributed by atoms with E-state index < -0.39 is 0 Å². The molecule has 0 aliphatic carbocycles.